The average molecular weight is 616 g/mol. The first-order valence-electron chi connectivity index (χ1n) is 15.2. The third-order valence-electron chi connectivity index (χ3n) is 8.06. The largest absolute Gasteiger partial charge is 0.396 e. The van der Waals surface area contributed by atoms with E-state index in [4.69, 9.17) is 32.5 Å². The molecule has 5 aromatic rings. The highest BCUT2D eigenvalue weighted by Gasteiger charge is 2.21. The second-order valence-electron chi connectivity index (χ2n) is 11.6. The Hall–Kier alpha value is -5.58. The maximum Gasteiger partial charge on any atom is 0.234 e. The van der Waals surface area contributed by atoms with Crippen LogP contribution in [0.5, 0.6) is 0 Å². The van der Waals surface area contributed by atoms with Crippen LogP contribution in [0.4, 0.5) is 11.6 Å². The van der Waals surface area contributed by atoms with Crippen LogP contribution in [0.15, 0.2) is 73.2 Å². The number of pyridine rings is 2. The number of hydrogen-bond donors (Lipinski definition) is 4. The Bertz CT molecular complexity index is 1900. The molecule has 1 aliphatic rings. The zero-order valence-corrected chi connectivity index (χ0v) is 25.9. The number of hydrazine groups is 1. The number of imidazole rings is 1. The number of benzene rings is 1. The fourth-order valence-corrected chi connectivity index (χ4v) is 5.47. The van der Waals surface area contributed by atoms with Crippen molar-refractivity contribution in [3.63, 3.8) is 0 Å². The first kappa shape index (κ1) is 30.4. The van der Waals surface area contributed by atoms with Gasteiger partial charge in [-0.25, -0.2) is 30.8 Å². The molecule has 46 heavy (non-hydrogen) atoms. The number of nitrogen functional groups attached to an aromatic ring is 1. The Labute approximate surface area is 267 Å². The van der Waals surface area contributed by atoms with Crippen molar-refractivity contribution in [3.8, 4) is 23.1 Å². The number of aromatic nitrogens is 6. The molecule has 0 spiro atoms. The molecule has 0 aliphatic carbocycles. The second kappa shape index (κ2) is 13.2. The summed E-state index contributed by atoms with van der Waals surface area (Å²) in [5, 5.41) is 14.1. The summed E-state index contributed by atoms with van der Waals surface area (Å²) < 4.78 is 1.99. The van der Waals surface area contributed by atoms with E-state index in [1.807, 2.05) is 48.7 Å². The highest BCUT2D eigenvalue weighted by molar-refractivity contribution is 5.84. The molecule has 1 aliphatic heterocycles. The molecular formula is C33H37N13. The molecule has 234 valence electrons. The third-order valence-corrected chi connectivity index (χ3v) is 8.06. The van der Waals surface area contributed by atoms with Crippen molar-refractivity contribution in [1.29, 1.82) is 5.26 Å². The quantitative estimate of drug-likeness (QED) is 0.139. The lowest BCUT2D eigenvalue weighted by molar-refractivity contribution is 0.211. The van der Waals surface area contributed by atoms with Crippen molar-refractivity contribution in [3.05, 3.63) is 90.3 Å². The minimum atomic E-state index is 0.0811. The van der Waals surface area contributed by atoms with Gasteiger partial charge in [-0.05, 0) is 74.7 Å². The van der Waals surface area contributed by atoms with E-state index in [0.29, 0.717) is 51.6 Å². The minimum absolute atomic E-state index is 0.0811. The van der Waals surface area contributed by atoms with E-state index in [9.17, 15) is 0 Å². The van der Waals surface area contributed by atoms with Crippen LogP contribution in [0, 0.1) is 11.3 Å². The predicted molar refractivity (Wildman–Crippen MR) is 179 cm³/mol. The number of nitrogens with one attached hydrogen (secondary N) is 1. The highest BCUT2D eigenvalue weighted by Crippen LogP contribution is 2.31. The lowest BCUT2D eigenvalue weighted by Gasteiger charge is -2.32. The molecule has 7 N–H and O–H groups in total. The van der Waals surface area contributed by atoms with Crippen LogP contribution in [0.25, 0.3) is 33.9 Å². The fourth-order valence-electron chi connectivity index (χ4n) is 5.47. The normalized spacial score (nSPS) is 14.5. The number of nitriles is 1. The number of likely N-dealkylation sites (tertiary alicyclic amines) is 1. The molecule has 1 fully saturated rings. The third kappa shape index (κ3) is 6.58. The number of hydrogen-bond acceptors (Lipinski definition) is 12. The number of anilines is 2. The zero-order valence-electron chi connectivity index (χ0n) is 25.9. The zero-order chi connectivity index (χ0) is 32.2. The summed E-state index contributed by atoms with van der Waals surface area (Å²) in [6.07, 6.45) is 6.91. The Kier molecular flexibility index (Phi) is 8.73. The fraction of sp³-hybridized carbons (Fsp3) is 0.273. The van der Waals surface area contributed by atoms with Crippen LogP contribution >= 0.6 is 0 Å². The van der Waals surface area contributed by atoms with E-state index in [0.717, 1.165) is 38.2 Å². The van der Waals surface area contributed by atoms with Crippen LogP contribution < -0.4 is 22.6 Å². The van der Waals surface area contributed by atoms with Crippen LogP contribution in [-0.4, -0.2) is 64.6 Å². The van der Waals surface area contributed by atoms with Crippen LogP contribution in [-0.2, 0) is 6.54 Å². The SMILES string of the molecule is CC(C)N(N)/C=C(\N)c1ccc2nc(-c3cccnc3N)n(-c3ccc(CN4CCC(Nc5ccnc(C#N)n5)CC4)cc3)c2n1. The molecule has 0 atom stereocenters. The highest BCUT2D eigenvalue weighted by atomic mass is 15.4. The number of piperidine rings is 1. The van der Waals surface area contributed by atoms with Gasteiger partial charge in [-0.2, -0.15) is 5.26 Å². The minimum Gasteiger partial charge on any atom is -0.396 e. The topological polar surface area (TPSA) is 190 Å². The lowest BCUT2D eigenvalue weighted by Crippen LogP contribution is -2.38. The Morgan fingerprint density at radius 2 is 1.83 bits per heavy atom. The Morgan fingerprint density at radius 3 is 2.54 bits per heavy atom. The monoisotopic (exact) mass is 615 g/mol. The smallest absolute Gasteiger partial charge is 0.234 e. The van der Waals surface area contributed by atoms with Gasteiger partial charge in [0.2, 0.25) is 5.82 Å². The van der Waals surface area contributed by atoms with Gasteiger partial charge in [0, 0.05) is 56.0 Å². The van der Waals surface area contributed by atoms with Gasteiger partial charge in [-0.3, -0.25) is 9.47 Å². The van der Waals surface area contributed by atoms with Crippen molar-refractivity contribution in [2.24, 2.45) is 11.6 Å². The molecule has 0 bridgehead atoms. The molecular weight excluding hydrogens is 578 g/mol. The predicted octanol–water partition coefficient (Wildman–Crippen LogP) is 3.64. The number of nitrogens with zero attached hydrogens (tertiary/aromatic N) is 9. The Balaban J connectivity index is 1.24. The van der Waals surface area contributed by atoms with Crippen molar-refractivity contribution < 1.29 is 0 Å². The molecule has 0 unspecified atom stereocenters. The number of rotatable bonds is 9. The van der Waals surface area contributed by atoms with Crippen LogP contribution in [0.3, 0.4) is 0 Å². The first-order valence-corrected chi connectivity index (χ1v) is 15.2. The maximum absolute atomic E-state index is 9.07. The van der Waals surface area contributed by atoms with Gasteiger partial charge in [0.1, 0.15) is 23.2 Å². The molecule has 0 saturated carbocycles. The van der Waals surface area contributed by atoms with Crippen LogP contribution in [0.1, 0.15) is 43.8 Å². The van der Waals surface area contributed by atoms with E-state index < -0.39 is 0 Å². The van der Waals surface area contributed by atoms with Gasteiger partial charge in [0.15, 0.2) is 11.5 Å². The summed E-state index contributed by atoms with van der Waals surface area (Å²) in [6, 6.07) is 20.1. The molecule has 6 rings (SSSR count). The van der Waals surface area contributed by atoms with Crippen molar-refractivity contribution >= 4 is 28.5 Å². The van der Waals surface area contributed by atoms with Gasteiger partial charge in [0.25, 0.3) is 0 Å². The van der Waals surface area contributed by atoms with E-state index in [1.54, 1.807) is 29.7 Å². The van der Waals surface area contributed by atoms with Gasteiger partial charge in [0.05, 0.1) is 17.0 Å². The summed E-state index contributed by atoms with van der Waals surface area (Å²) in [5.41, 5.74) is 17.9. The summed E-state index contributed by atoms with van der Waals surface area (Å²) in [4.78, 5) is 24.8. The standard InChI is InChI=1S/C33H37N13/c1-21(2)45(37)20-26(35)27-9-10-28-33(41-27)46(32(42-28)25-4-3-14-39-31(25)36)24-7-5-22(6-8-24)19-44-16-12-23(13-17-44)40-29-11-15-38-30(18-34)43-29/h3-11,14-15,20-21,23H,12-13,16-17,19,35,37H2,1-2H3,(H2,36,39)(H,38,40,43)/b26-20-. The van der Waals surface area contributed by atoms with Crippen molar-refractivity contribution in [2.75, 3.05) is 24.1 Å². The lowest BCUT2D eigenvalue weighted by atomic mass is 10.0. The average Bonchev–Trinajstić information content (AvgIpc) is 3.45. The van der Waals surface area contributed by atoms with Gasteiger partial charge < -0.3 is 21.8 Å². The molecule has 0 radical (unpaired) electrons. The Morgan fingerprint density at radius 1 is 1.04 bits per heavy atom. The second-order valence-corrected chi connectivity index (χ2v) is 11.6. The maximum atomic E-state index is 9.07. The van der Waals surface area contributed by atoms with Crippen molar-refractivity contribution in [1.82, 2.24) is 39.4 Å². The van der Waals surface area contributed by atoms with Gasteiger partial charge in [-0.1, -0.05) is 12.1 Å². The summed E-state index contributed by atoms with van der Waals surface area (Å²) >= 11 is 0. The first-order chi connectivity index (χ1) is 22.3. The molecule has 4 aromatic heterocycles. The molecule has 13 nitrogen and oxygen atoms in total. The molecule has 1 aromatic carbocycles. The molecule has 1 saturated heterocycles. The van der Waals surface area contributed by atoms with Crippen LogP contribution in [0.2, 0.25) is 0 Å². The van der Waals surface area contributed by atoms with Gasteiger partial charge in [-0.15, -0.1) is 0 Å². The van der Waals surface area contributed by atoms with E-state index in [-0.39, 0.29) is 11.9 Å². The summed E-state index contributed by atoms with van der Waals surface area (Å²) in [6.45, 7) is 6.70. The molecule has 5 heterocycles. The number of fused-ring (bicyclic) bond motifs is 1. The van der Waals surface area contributed by atoms with Gasteiger partial charge >= 0.3 is 0 Å². The summed E-state index contributed by atoms with van der Waals surface area (Å²) in [5.74, 6) is 7.99. The molecule has 13 heteroatoms. The molecule has 0 amide bonds. The van der Waals surface area contributed by atoms with E-state index >= 15 is 0 Å². The number of nitrogens with two attached hydrogens (primary N) is 3. The van der Waals surface area contributed by atoms with Crippen molar-refractivity contribution in [2.45, 2.75) is 45.3 Å². The van der Waals surface area contributed by atoms with E-state index in [1.165, 1.54) is 5.56 Å². The summed E-state index contributed by atoms with van der Waals surface area (Å²) in [7, 11) is 0. The van der Waals surface area contributed by atoms with E-state index in [2.05, 4.69) is 49.4 Å².